The third-order valence-electron chi connectivity index (χ3n) is 2.25. The number of rotatable bonds is 5. The highest BCUT2D eigenvalue weighted by molar-refractivity contribution is 5.08. The molecule has 1 N–H and O–H groups in total. The molecule has 3 heteroatoms. The van der Waals surface area contributed by atoms with Crippen LogP contribution in [0.4, 0.5) is 0 Å². The summed E-state index contributed by atoms with van der Waals surface area (Å²) in [4.78, 5) is 0. The second-order valence-corrected chi connectivity index (χ2v) is 3.71. The van der Waals surface area contributed by atoms with Gasteiger partial charge in [-0.3, -0.25) is 4.68 Å². The zero-order valence-corrected chi connectivity index (χ0v) is 9.25. The summed E-state index contributed by atoms with van der Waals surface area (Å²) in [6, 6.07) is 2.58. The van der Waals surface area contributed by atoms with E-state index in [2.05, 4.69) is 30.0 Å². The number of nitrogens with zero attached hydrogens (tertiary/aromatic N) is 2. The lowest BCUT2D eigenvalue weighted by Crippen LogP contribution is -2.25. The molecule has 1 atom stereocenters. The summed E-state index contributed by atoms with van der Waals surface area (Å²) in [7, 11) is 1.97. The van der Waals surface area contributed by atoms with Crippen LogP contribution in [0.1, 0.15) is 24.7 Å². The van der Waals surface area contributed by atoms with Gasteiger partial charge >= 0.3 is 0 Å². The van der Waals surface area contributed by atoms with Gasteiger partial charge in [0.2, 0.25) is 0 Å². The first kappa shape index (κ1) is 11.0. The number of aryl methyl sites for hydroxylation is 2. The van der Waals surface area contributed by atoms with Crippen LogP contribution in [0.15, 0.2) is 18.7 Å². The first-order valence-corrected chi connectivity index (χ1v) is 4.97. The van der Waals surface area contributed by atoms with E-state index >= 15 is 0 Å². The predicted octanol–water partition coefficient (Wildman–Crippen LogP) is 1.78. The Labute approximate surface area is 85.8 Å². The number of hydrogen-bond acceptors (Lipinski definition) is 2. The lowest BCUT2D eigenvalue weighted by molar-refractivity contribution is 0.532. The van der Waals surface area contributed by atoms with Gasteiger partial charge < -0.3 is 5.32 Å². The van der Waals surface area contributed by atoms with Crippen molar-refractivity contribution in [2.75, 3.05) is 0 Å². The summed E-state index contributed by atoms with van der Waals surface area (Å²) in [5.41, 5.74) is 2.29. The van der Waals surface area contributed by atoms with Gasteiger partial charge in [0, 0.05) is 19.6 Å². The van der Waals surface area contributed by atoms with Crippen molar-refractivity contribution in [3.63, 3.8) is 0 Å². The van der Waals surface area contributed by atoms with Crippen LogP contribution in [0.25, 0.3) is 0 Å². The minimum absolute atomic E-state index is 0.475. The van der Waals surface area contributed by atoms with Gasteiger partial charge in [-0.15, -0.1) is 6.58 Å². The van der Waals surface area contributed by atoms with Gasteiger partial charge in [0.1, 0.15) is 0 Å². The fourth-order valence-electron chi connectivity index (χ4n) is 1.44. The quantitative estimate of drug-likeness (QED) is 0.722. The highest BCUT2D eigenvalue weighted by Gasteiger charge is 2.03. The maximum absolute atomic E-state index is 4.29. The molecule has 0 saturated carbocycles. The Bertz CT molecular complexity index is 301. The first-order valence-electron chi connectivity index (χ1n) is 4.97. The van der Waals surface area contributed by atoms with E-state index < -0.39 is 0 Å². The Morgan fingerprint density at radius 3 is 2.93 bits per heavy atom. The molecular formula is C11H19N3. The summed E-state index contributed by atoms with van der Waals surface area (Å²) < 4.78 is 1.92. The Morgan fingerprint density at radius 2 is 2.43 bits per heavy atom. The smallest absolute Gasteiger partial charge is 0.0597 e. The molecule has 1 aromatic heterocycles. The normalized spacial score (nSPS) is 12.8. The average Bonchev–Trinajstić information content (AvgIpc) is 2.42. The average molecular weight is 193 g/mol. The van der Waals surface area contributed by atoms with Crippen molar-refractivity contribution < 1.29 is 0 Å². The van der Waals surface area contributed by atoms with Gasteiger partial charge in [0.15, 0.2) is 0 Å². The third-order valence-corrected chi connectivity index (χ3v) is 2.25. The molecule has 0 aromatic carbocycles. The van der Waals surface area contributed by atoms with Gasteiger partial charge in [-0.1, -0.05) is 6.08 Å². The Hall–Kier alpha value is -1.09. The first-order chi connectivity index (χ1) is 6.63. The molecule has 1 heterocycles. The number of hydrogen-bond donors (Lipinski definition) is 1. The van der Waals surface area contributed by atoms with Crippen molar-refractivity contribution >= 4 is 0 Å². The van der Waals surface area contributed by atoms with Crippen molar-refractivity contribution in [2.24, 2.45) is 7.05 Å². The van der Waals surface area contributed by atoms with Crippen LogP contribution in [-0.2, 0) is 13.6 Å². The van der Waals surface area contributed by atoms with Gasteiger partial charge in [-0.05, 0) is 26.3 Å². The SMILES string of the molecule is C=CCC(C)NCc1cc(C)nn1C. The maximum Gasteiger partial charge on any atom is 0.0597 e. The molecule has 0 fully saturated rings. The molecular weight excluding hydrogens is 174 g/mol. The molecule has 1 aromatic rings. The molecule has 0 radical (unpaired) electrons. The second-order valence-electron chi connectivity index (χ2n) is 3.71. The van der Waals surface area contributed by atoms with Crippen LogP contribution in [0, 0.1) is 6.92 Å². The van der Waals surface area contributed by atoms with Crippen LogP contribution in [0.2, 0.25) is 0 Å². The third kappa shape index (κ3) is 3.00. The van der Waals surface area contributed by atoms with Gasteiger partial charge in [-0.25, -0.2) is 0 Å². The fraction of sp³-hybridized carbons (Fsp3) is 0.545. The summed E-state index contributed by atoms with van der Waals surface area (Å²) in [6.45, 7) is 8.76. The van der Waals surface area contributed by atoms with E-state index in [0.717, 1.165) is 18.7 Å². The molecule has 0 aliphatic rings. The summed E-state index contributed by atoms with van der Waals surface area (Å²) in [5.74, 6) is 0. The standard InChI is InChI=1S/C11H19N3/c1-5-6-9(2)12-8-11-7-10(3)13-14(11)4/h5,7,9,12H,1,6,8H2,2-4H3. The summed E-state index contributed by atoms with van der Waals surface area (Å²) >= 11 is 0. The van der Waals surface area contributed by atoms with Crippen molar-refractivity contribution in [1.82, 2.24) is 15.1 Å². The largest absolute Gasteiger partial charge is 0.308 e. The molecule has 0 aliphatic carbocycles. The summed E-state index contributed by atoms with van der Waals surface area (Å²) in [5, 5.41) is 7.71. The van der Waals surface area contributed by atoms with Crippen LogP contribution < -0.4 is 5.32 Å². The maximum atomic E-state index is 4.29. The Kier molecular flexibility index (Phi) is 3.89. The number of aromatic nitrogens is 2. The molecule has 0 bridgehead atoms. The predicted molar refractivity (Wildman–Crippen MR) is 59.1 cm³/mol. The van der Waals surface area contributed by atoms with E-state index in [-0.39, 0.29) is 0 Å². The Balaban J connectivity index is 2.45. The van der Waals surface area contributed by atoms with Crippen molar-refractivity contribution in [2.45, 2.75) is 32.9 Å². The van der Waals surface area contributed by atoms with Gasteiger partial charge in [0.05, 0.1) is 11.4 Å². The van der Waals surface area contributed by atoms with Crippen LogP contribution in [-0.4, -0.2) is 15.8 Å². The van der Waals surface area contributed by atoms with Crippen LogP contribution in [0.3, 0.4) is 0 Å². The van der Waals surface area contributed by atoms with Crippen molar-refractivity contribution in [3.8, 4) is 0 Å². The van der Waals surface area contributed by atoms with E-state index in [0.29, 0.717) is 6.04 Å². The van der Waals surface area contributed by atoms with Crippen molar-refractivity contribution in [3.05, 3.63) is 30.1 Å². The van der Waals surface area contributed by atoms with Crippen LogP contribution >= 0.6 is 0 Å². The highest BCUT2D eigenvalue weighted by Crippen LogP contribution is 2.02. The zero-order valence-electron chi connectivity index (χ0n) is 9.25. The molecule has 0 spiro atoms. The van der Waals surface area contributed by atoms with E-state index in [1.165, 1.54) is 5.69 Å². The van der Waals surface area contributed by atoms with E-state index in [9.17, 15) is 0 Å². The van der Waals surface area contributed by atoms with Gasteiger partial charge in [0.25, 0.3) is 0 Å². The topological polar surface area (TPSA) is 29.9 Å². The minimum Gasteiger partial charge on any atom is -0.308 e. The molecule has 3 nitrogen and oxygen atoms in total. The minimum atomic E-state index is 0.475. The molecule has 0 saturated heterocycles. The van der Waals surface area contributed by atoms with Crippen molar-refractivity contribution in [1.29, 1.82) is 0 Å². The van der Waals surface area contributed by atoms with E-state index in [1.807, 2.05) is 24.7 Å². The summed E-state index contributed by atoms with van der Waals surface area (Å²) in [6.07, 6.45) is 2.93. The number of nitrogens with one attached hydrogen (secondary N) is 1. The van der Waals surface area contributed by atoms with E-state index in [4.69, 9.17) is 0 Å². The van der Waals surface area contributed by atoms with E-state index in [1.54, 1.807) is 0 Å². The fourth-order valence-corrected chi connectivity index (χ4v) is 1.44. The molecule has 0 amide bonds. The second kappa shape index (κ2) is 4.96. The molecule has 78 valence electrons. The lowest BCUT2D eigenvalue weighted by Gasteiger charge is -2.11. The zero-order chi connectivity index (χ0) is 10.6. The monoisotopic (exact) mass is 193 g/mol. The lowest BCUT2D eigenvalue weighted by atomic mass is 10.2. The molecule has 14 heavy (non-hydrogen) atoms. The highest BCUT2D eigenvalue weighted by atomic mass is 15.3. The Morgan fingerprint density at radius 1 is 1.71 bits per heavy atom. The molecule has 1 rings (SSSR count). The molecule has 0 aliphatic heterocycles. The van der Waals surface area contributed by atoms with Crippen LogP contribution in [0.5, 0.6) is 0 Å². The molecule has 1 unspecified atom stereocenters. The van der Waals surface area contributed by atoms with Gasteiger partial charge in [-0.2, -0.15) is 5.10 Å².